The molecule has 0 amide bonds. The van der Waals surface area contributed by atoms with E-state index in [0.29, 0.717) is 22.0 Å². The summed E-state index contributed by atoms with van der Waals surface area (Å²) >= 11 is 1.15. The third kappa shape index (κ3) is 4.93. The molecule has 0 aliphatic carbocycles. The summed E-state index contributed by atoms with van der Waals surface area (Å²) in [4.78, 5) is 13.1. The standard InChI is InChI=1S/C21H23N3O3S/c1-4-5-15(25)9-6-13(2)19(26)20-18(23)17(12-22)21(28-20)24-14-7-10-16(27-3)11-8-14/h5-11,13,24-25H,4,23H2,1-3H3/b9-6-,15-5+. The van der Waals surface area contributed by atoms with Crippen LogP contribution in [0.2, 0.25) is 0 Å². The molecule has 1 heterocycles. The molecule has 6 nitrogen and oxygen atoms in total. The Bertz CT molecular complexity index is 937. The molecular weight excluding hydrogens is 374 g/mol. The van der Waals surface area contributed by atoms with Crippen LogP contribution in [0.1, 0.15) is 35.5 Å². The van der Waals surface area contributed by atoms with Crippen LogP contribution in [0.15, 0.2) is 48.3 Å². The number of carbonyl (C=O) groups is 1. The molecule has 0 fully saturated rings. The van der Waals surface area contributed by atoms with Gasteiger partial charge in [-0.1, -0.05) is 19.9 Å². The van der Waals surface area contributed by atoms with Gasteiger partial charge in [-0.3, -0.25) is 4.79 Å². The quantitative estimate of drug-likeness (QED) is 0.322. The van der Waals surface area contributed by atoms with Crippen molar-refractivity contribution < 1.29 is 14.6 Å². The Morgan fingerprint density at radius 3 is 2.68 bits per heavy atom. The third-order valence-electron chi connectivity index (χ3n) is 4.01. The first-order valence-electron chi connectivity index (χ1n) is 8.76. The Morgan fingerprint density at radius 1 is 1.43 bits per heavy atom. The van der Waals surface area contributed by atoms with Gasteiger partial charge in [0.15, 0.2) is 5.78 Å². The Balaban J connectivity index is 2.27. The number of allylic oxidation sites excluding steroid dienone is 3. The van der Waals surface area contributed by atoms with Crippen molar-refractivity contribution in [1.82, 2.24) is 0 Å². The maximum absolute atomic E-state index is 12.8. The zero-order valence-electron chi connectivity index (χ0n) is 16.0. The number of hydrogen-bond donors (Lipinski definition) is 3. The van der Waals surface area contributed by atoms with E-state index in [1.165, 1.54) is 6.08 Å². The van der Waals surface area contributed by atoms with Gasteiger partial charge in [-0.25, -0.2) is 0 Å². The maximum atomic E-state index is 12.8. The number of carbonyl (C=O) groups excluding carboxylic acids is 1. The lowest BCUT2D eigenvalue weighted by Gasteiger charge is -2.05. The molecule has 0 aliphatic heterocycles. The predicted octanol–water partition coefficient (Wildman–Crippen LogP) is 5.18. The van der Waals surface area contributed by atoms with Crippen LogP contribution in [0, 0.1) is 17.2 Å². The summed E-state index contributed by atoms with van der Waals surface area (Å²) in [5.74, 6) is 0.130. The number of benzene rings is 1. The number of nitrogen functional groups attached to an aromatic ring is 1. The molecule has 7 heteroatoms. The minimum Gasteiger partial charge on any atom is -0.508 e. The molecule has 2 rings (SSSR count). The average molecular weight is 398 g/mol. The Labute approximate surface area is 168 Å². The molecule has 146 valence electrons. The zero-order valence-corrected chi connectivity index (χ0v) is 16.8. The van der Waals surface area contributed by atoms with Crippen LogP contribution in [-0.2, 0) is 0 Å². The number of rotatable bonds is 8. The fourth-order valence-corrected chi connectivity index (χ4v) is 3.57. The van der Waals surface area contributed by atoms with Crippen LogP contribution >= 0.6 is 11.3 Å². The number of nitrogens with two attached hydrogens (primary N) is 1. The summed E-state index contributed by atoms with van der Waals surface area (Å²) in [5, 5.41) is 22.8. The molecule has 1 unspecified atom stereocenters. The van der Waals surface area contributed by atoms with Crippen molar-refractivity contribution in [2.45, 2.75) is 20.3 Å². The van der Waals surface area contributed by atoms with E-state index in [4.69, 9.17) is 10.5 Å². The molecule has 0 aliphatic rings. The molecule has 1 aromatic heterocycles. The molecule has 4 N–H and O–H groups in total. The number of anilines is 3. The minimum atomic E-state index is -0.492. The highest BCUT2D eigenvalue weighted by Crippen LogP contribution is 2.38. The number of aliphatic hydroxyl groups is 1. The summed E-state index contributed by atoms with van der Waals surface area (Å²) in [7, 11) is 1.58. The van der Waals surface area contributed by atoms with Crippen molar-refractivity contribution in [3.05, 3.63) is 58.7 Å². The fraction of sp³-hybridized carbons (Fsp3) is 0.238. The second kappa shape index (κ2) is 9.62. The molecule has 28 heavy (non-hydrogen) atoms. The molecule has 1 atom stereocenters. The first-order chi connectivity index (χ1) is 13.4. The Hall–Kier alpha value is -3.24. The first-order valence-corrected chi connectivity index (χ1v) is 9.57. The van der Waals surface area contributed by atoms with Crippen molar-refractivity contribution in [2.24, 2.45) is 5.92 Å². The number of nitriles is 1. The number of methoxy groups -OCH3 is 1. The van der Waals surface area contributed by atoms with Crippen molar-refractivity contribution in [3.8, 4) is 11.8 Å². The summed E-state index contributed by atoms with van der Waals surface area (Å²) in [6.07, 6.45) is 5.46. The highest BCUT2D eigenvalue weighted by Gasteiger charge is 2.23. The van der Waals surface area contributed by atoms with E-state index < -0.39 is 5.92 Å². The fourth-order valence-electron chi connectivity index (χ4n) is 2.45. The topological polar surface area (TPSA) is 108 Å². The van der Waals surface area contributed by atoms with Crippen LogP contribution in [0.5, 0.6) is 5.75 Å². The molecule has 0 spiro atoms. The van der Waals surface area contributed by atoms with Crippen LogP contribution in [-0.4, -0.2) is 18.0 Å². The number of aliphatic hydroxyl groups excluding tert-OH is 1. The van der Waals surface area contributed by atoms with E-state index in [-0.39, 0.29) is 22.8 Å². The van der Waals surface area contributed by atoms with E-state index in [9.17, 15) is 15.2 Å². The SMILES string of the molecule is CC/C=C(O)\C=C/C(C)C(=O)c1sc(Nc2ccc(OC)cc2)c(C#N)c1N. The first kappa shape index (κ1) is 21.1. The maximum Gasteiger partial charge on any atom is 0.181 e. The van der Waals surface area contributed by atoms with Crippen molar-refractivity contribution >= 4 is 33.5 Å². The minimum absolute atomic E-state index is 0.112. The summed E-state index contributed by atoms with van der Waals surface area (Å²) in [6.45, 7) is 3.63. The van der Waals surface area contributed by atoms with E-state index in [0.717, 1.165) is 17.0 Å². The lowest BCUT2D eigenvalue weighted by atomic mass is 10.0. The number of hydrogen-bond acceptors (Lipinski definition) is 7. The van der Waals surface area contributed by atoms with Gasteiger partial charge >= 0.3 is 0 Å². The second-order valence-corrected chi connectivity index (χ2v) is 7.08. The van der Waals surface area contributed by atoms with Crippen molar-refractivity contribution in [2.75, 3.05) is 18.2 Å². The number of ether oxygens (including phenoxy) is 1. The summed E-state index contributed by atoms with van der Waals surface area (Å²) in [6, 6.07) is 9.27. The third-order valence-corrected chi connectivity index (χ3v) is 5.15. The van der Waals surface area contributed by atoms with Gasteiger partial charge in [-0.2, -0.15) is 5.26 Å². The number of nitrogens with one attached hydrogen (secondary N) is 1. The molecule has 2 aromatic rings. The summed E-state index contributed by atoms with van der Waals surface area (Å²) in [5.41, 5.74) is 7.24. The van der Waals surface area contributed by atoms with E-state index >= 15 is 0 Å². The second-order valence-electron chi connectivity index (χ2n) is 6.06. The number of thiophene rings is 1. The Kier molecular flexibility index (Phi) is 7.24. The van der Waals surface area contributed by atoms with Crippen molar-refractivity contribution in [3.63, 3.8) is 0 Å². The van der Waals surface area contributed by atoms with E-state index in [2.05, 4.69) is 11.4 Å². The van der Waals surface area contributed by atoms with Crippen LogP contribution in [0.3, 0.4) is 0 Å². The van der Waals surface area contributed by atoms with Crippen LogP contribution < -0.4 is 15.8 Å². The van der Waals surface area contributed by atoms with Crippen LogP contribution in [0.25, 0.3) is 0 Å². The highest BCUT2D eigenvalue weighted by atomic mass is 32.1. The molecule has 0 saturated heterocycles. The van der Waals surface area contributed by atoms with Gasteiger partial charge in [-0.15, -0.1) is 11.3 Å². The van der Waals surface area contributed by atoms with Gasteiger partial charge < -0.3 is 20.9 Å². The zero-order chi connectivity index (χ0) is 20.7. The van der Waals surface area contributed by atoms with Gasteiger partial charge in [0.25, 0.3) is 0 Å². The molecular formula is C21H23N3O3S. The van der Waals surface area contributed by atoms with Gasteiger partial charge in [0, 0.05) is 11.6 Å². The number of Topliss-reactive ketones (excluding diaryl/α,β-unsaturated/α-hetero) is 1. The van der Waals surface area contributed by atoms with Gasteiger partial charge in [0.2, 0.25) is 0 Å². The van der Waals surface area contributed by atoms with Crippen LogP contribution in [0.4, 0.5) is 16.4 Å². The average Bonchev–Trinajstić information content (AvgIpc) is 3.01. The molecule has 0 saturated carbocycles. The smallest absolute Gasteiger partial charge is 0.181 e. The van der Waals surface area contributed by atoms with Gasteiger partial charge in [0.05, 0.1) is 17.7 Å². The lowest BCUT2D eigenvalue weighted by molar-refractivity contribution is 0.0958. The summed E-state index contributed by atoms with van der Waals surface area (Å²) < 4.78 is 5.13. The Morgan fingerprint density at radius 2 is 2.11 bits per heavy atom. The predicted molar refractivity (Wildman–Crippen MR) is 113 cm³/mol. The molecule has 0 bridgehead atoms. The number of nitrogens with zero attached hydrogens (tertiary/aromatic N) is 1. The highest BCUT2D eigenvalue weighted by molar-refractivity contribution is 7.19. The van der Waals surface area contributed by atoms with E-state index in [1.807, 2.05) is 19.1 Å². The molecule has 0 radical (unpaired) electrons. The molecule has 1 aromatic carbocycles. The largest absolute Gasteiger partial charge is 0.508 e. The normalized spacial score (nSPS) is 12.6. The van der Waals surface area contributed by atoms with Gasteiger partial charge in [0.1, 0.15) is 28.1 Å². The number of ketones is 1. The van der Waals surface area contributed by atoms with E-state index in [1.54, 1.807) is 38.3 Å². The van der Waals surface area contributed by atoms with Gasteiger partial charge in [-0.05, 0) is 42.8 Å². The monoisotopic (exact) mass is 397 g/mol. The lowest BCUT2D eigenvalue weighted by Crippen LogP contribution is -2.09. The van der Waals surface area contributed by atoms with Crippen molar-refractivity contribution in [1.29, 1.82) is 5.26 Å².